The summed E-state index contributed by atoms with van der Waals surface area (Å²) in [6.45, 7) is 3.38. The lowest BCUT2D eigenvalue weighted by Crippen LogP contribution is -2.13. The van der Waals surface area contributed by atoms with E-state index in [1.54, 1.807) is 13.8 Å². The minimum atomic E-state index is -0.870. The molecule has 0 bridgehead atoms. The monoisotopic (exact) mass is 383 g/mol. The Morgan fingerprint density at radius 2 is 1.89 bits per heavy atom. The first-order chi connectivity index (χ1) is 13.3. The molecule has 1 aromatic heterocycles. The zero-order valence-corrected chi connectivity index (χ0v) is 15.1. The van der Waals surface area contributed by atoms with Crippen LogP contribution in [0.25, 0.3) is 5.69 Å². The maximum Gasteiger partial charge on any atom is 0.383 e. The molecule has 1 aliphatic rings. The van der Waals surface area contributed by atoms with Crippen LogP contribution in [-0.4, -0.2) is 26.5 Å². The predicted molar refractivity (Wildman–Crippen MR) is 94.8 cm³/mol. The van der Waals surface area contributed by atoms with E-state index in [0.29, 0.717) is 11.5 Å². The minimum absolute atomic E-state index is 0.00784. The van der Waals surface area contributed by atoms with Crippen molar-refractivity contribution in [3.05, 3.63) is 70.8 Å². The molecule has 1 aliphatic carbocycles. The van der Waals surface area contributed by atoms with Gasteiger partial charge in [-0.15, -0.1) is 5.10 Å². The highest BCUT2D eigenvalue weighted by Gasteiger charge is 2.33. The predicted octanol–water partition coefficient (Wildman–Crippen LogP) is 3.76. The van der Waals surface area contributed by atoms with Gasteiger partial charge in [0.2, 0.25) is 0 Å². The Hall–Kier alpha value is -3.42. The zero-order valence-electron chi connectivity index (χ0n) is 15.1. The Morgan fingerprint density at radius 3 is 2.61 bits per heavy atom. The fourth-order valence-electron chi connectivity index (χ4n) is 3.36. The van der Waals surface area contributed by atoms with Crippen molar-refractivity contribution >= 4 is 11.8 Å². The van der Waals surface area contributed by atoms with Gasteiger partial charge in [0.25, 0.3) is 5.82 Å². The maximum absolute atomic E-state index is 14.1. The molecule has 6 nitrogen and oxygen atoms in total. The fraction of sp³-hybridized carbons (Fsp3) is 0.200. The van der Waals surface area contributed by atoms with Crippen LogP contribution < -0.4 is 4.74 Å². The highest BCUT2D eigenvalue weighted by molar-refractivity contribution is 6.04. The number of aromatic nitrogens is 3. The molecule has 0 saturated carbocycles. The van der Waals surface area contributed by atoms with E-state index in [-0.39, 0.29) is 40.8 Å². The number of carbonyl (C=O) groups is 2. The first kappa shape index (κ1) is 18.0. The zero-order chi connectivity index (χ0) is 20.0. The summed E-state index contributed by atoms with van der Waals surface area (Å²) < 4.78 is 33.9. The van der Waals surface area contributed by atoms with Crippen LogP contribution in [-0.2, 0) is 0 Å². The van der Waals surface area contributed by atoms with Crippen molar-refractivity contribution in [3.63, 3.8) is 0 Å². The quantitative estimate of drug-likeness (QED) is 0.509. The number of ether oxygens (including phenoxy) is 1. The Bertz CT molecular complexity index is 1110. The summed E-state index contributed by atoms with van der Waals surface area (Å²) in [6, 6.07) is 7.96. The Morgan fingerprint density at radius 1 is 1.18 bits per heavy atom. The molecular formula is C20H15F2N3O3. The van der Waals surface area contributed by atoms with Crippen molar-refractivity contribution in [1.82, 2.24) is 14.8 Å². The maximum atomic E-state index is 14.1. The van der Waals surface area contributed by atoms with Crippen molar-refractivity contribution < 1.29 is 23.1 Å². The third-order valence-corrected chi connectivity index (χ3v) is 4.64. The molecule has 1 atom stereocenters. The van der Waals surface area contributed by atoms with E-state index in [0.717, 1.165) is 0 Å². The molecule has 3 aromatic rings. The van der Waals surface area contributed by atoms with Crippen LogP contribution in [0, 0.1) is 18.6 Å². The SMILES string of the molecule is Cc1nc(C(=O)Oc2ccc(F)c3c2C(=O)C[C@@H]3C)nn1-c1ccc(F)cc1. The van der Waals surface area contributed by atoms with Gasteiger partial charge in [0.05, 0.1) is 11.3 Å². The number of carbonyl (C=O) groups excluding carboxylic acids is 2. The topological polar surface area (TPSA) is 74.1 Å². The Kier molecular flexibility index (Phi) is 4.26. The Balaban J connectivity index is 1.65. The molecule has 0 fully saturated rings. The Labute approximate surface area is 158 Å². The van der Waals surface area contributed by atoms with Gasteiger partial charge in [-0.25, -0.2) is 23.2 Å². The summed E-state index contributed by atoms with van der Waals surface area (Å²) in [6.07, 6.45) is 0.164. The first-order valence-corrected chi connectivity index (χ1v) is 8.62. The highest BCUT2D eigenvalue weighted by Crippen LogP contribution is 2.39. The fourth-order valence-corrected chi connectivity index (χ4v) is 3.36. The molecule has 0 radical (unpaired) electrons. The van der Waals surface area contributed by atoms with Crippen molar-refractivity contribution in [2.75, 3.05) is 0 Å². The van der Waals surface area contributed by atoms with Crippen molar-refractivity contribution in [2.24, 2.45) is 0 Å². The van der Waals surface area contributed by atoms with Crippen molar-refractivity contribution in [1.29, 1.82) is 0 Å². The number of halogens is 2. The van der Waals surface area contributed by atoms with Gasteiger partial charge in [-0.05, 0) is 49.2 Å². The summed E-state index contributed by atoms with van der Waals surface area (Å²) in [5.74, 6) is -2.15. The lowest BCUT2D eigenvalue weighted by atomic mass is 10.0. The van der Waals surface area contributed by atoms with Crippen molar-refractivity contribution in [2.45, 2.75) is 26.2 Å². The molecule has 28 heavy (non-hydrogen) atoms. The average Bonchev–Trinajstić information content (AvgIpc) is 3.18. The molecule has 0 N–H and O–H groups in total. The van der Waals surface area contributed by atoms with Gasteiger partial charge in [0.1, 0.15) is 23.2 Å². The van der Waals surface area contributed by atoms with E-state index in [4.69, 9.17) is 4.74 Å². The number of nitrogens with zero attached hydrogens (tertiary/aromatic N) is 3. The summed E-state index contributed by atoms with van der Waals surface area (Å²) >= 11 is 0. The number of esters is 1. The van der Waals surface area contributed by atoms with Crippen LogP contribution >= 0.6 is 0 Å². The van der Waals surface area contributed by atoms with E-state index < -0.39 is 17.6 Å². The smallest absolute Gasteiger partial charge is 0.383 e. The van der Waals surface area contributed by atoms with Crippen molar-refractivity contribution in [3.8, 4) is 11.4 Å². The molecule has 0 aliphatic heterocycles. The molecule has 0 unspecified atom stereocenters. The molecule has 4 rings (SSSR count). The second-order valence-electron chi connectivity index (χ2n) is 6.62. The van der Waals surface area contributed by atoms with Crippen LogP contribution in [0.5, 0.6) is 5.75 Å². The molecule has 8 heteroatoms. The van der Waals surface area contributed by atoms with Crippen LogP contribution in [0.15, 0.2) is 36.4 Å². The largest absolute Gasteiger partial charge is 0.420 e. The second kappa shape index (κ2) is 6.63. The summed E-state index contributed by atoms with van der Waals surface area (Å²) in [5.41, 5.74) is 0.879. The lowest BCUT2D eigenvalue weighted by Gasteiger charge is -2.09. The number of hydrogen-bond donors (Lipinski definition) is 0. The van der Waals surface area contributed by atoms with Crippen LogP contribution in [0.1, 0.15) is 51.6 Å². The standard InChI is InChI=1S/C20H15F2N3O3/c1-10-9-15(26)18-16(8-7-14(22)17(10)18)28-20(27)19-23-11(2)25(24-19)13-5-3-12(21)4-6-13/h3-8,10H,9H2,1-2H3/t10-/m0/s1. The van der Waals surface area contributed by atoms with Gasteiger partial charge in [-0.2, -0.15) is 0 Å². The molecule has 2 aromatic carbocycles. The molecule has 142 valence electrons. The van der Waals surface area contributed by atoms with Crippen LogP contribution in [0.2, 0.25) is 0 Å². The third kappa shape index (κ3) is 2.96. The number of ketones is 1. The summed E-state index contributed by atoms with van der Waals surface area (Å²) in [7, 11) is 0. The van der Waals surface area contributed by atoms with Gasteiger partial charge in [0, 0.05) is 12.0 Å². The van der Waals surface area contributed by atoms with E-state index >= 15 is 0 Å². The van der Waals surface area contributed by atoms with E-state index in [9.17, 15) is 18.4 Å². The van der Waals surface area contributed by atoms with E-state index in [1.807, 2.05) is 0 Å². The number of Topliss-reactive ketones (excluding diaryl/α,β-unsaturated/α-hetero) is 1. The molecule has 1 heterocycles. The van der Waals surface area contributed by atoms with Gasteiger partial charge in [-0.1, -0.05) is 6.92 Å². The van der Waals surface area contributed by atoms with Gasteiger partial charge in [-0.3, -0.25) is 4.79 Å². The summed E-state index contributed by atoms with van der Waals surface area (Å²) in [5, 5.41) is 4.10. The summed E-state index contributed by atoms with van der Waals surface area (Å²) in [4.78, 5) is 28.8. The normalized spacial score (nSPS) is 15.6. The number of aryl methyl sites for hydroxylation is 1. The first-order valence-electron chi connectivity index (χ1n) is 8.62. The van der Waals surface area contributed by atoms with Gasteiger partial charge >= 0.3 is 5.97 Å². The molecule has 0 amide bonds. The second-order valence-corrected chi connectivity index (χ2v) is 6.62. The van der Waals surface area contributed by atoms with Gasteiger partial charge < -0.3 is 4.74 Å². The number of rotatable bonds is 3. The molecular weight excluding hydrogens is 368 g/mol. The lowest BCUT2D eigenvalue weighted by molar-refractivity contribution is 0.0720. The van der Waals surface area contributed by atoms with Crippen LogP contribution in [0.3, 0.4) is 0 Å². The number of hydrogen-bond acceptors (Lipinski definition) is 5. The molecule has 0 saturated heterocycles. The highest BCUT2D eigenvalue weighted by atomic mass is 19.1. The average molecular weight is 383 g/mol. The van der Waals surface area contributed by atoms with E-state index in [2.05, 4.69) is 10.1 Å². The number of fused-ring (bicyclic) bond motifs is 1. The minimum Gasteiger partial charge on any atom is -0.420 e. The van der Waals surface area contributed by atoms with Gasteiger partial charge in [0.15, 0.2) is 5.78 Å². The van der Waals surface area contributed by atoms with E-state index in [1.165, 1.54) is 41.1 Å². The number of benzene rings is 2. The molecule has 0 spiro atoms. The van der Waals surface area contributed by atoms with Crippen LogP contribution in [0.4, 0.5) is 8.78 Å². The third-order valence-electron chi connectivity index (χ3n) is 4.64.